The molecule has 0 amide bonds. The number of aliphatic hydroxyl groups is 1. The lowest BCUT2D eigenvalue weighted by Gasteiger charge is -2.38. The monoisotopic (exact) mass is 217 g/mol. The zero-order valence-corrected chi connectivity index (χ0v) is 9.58. The Kier molecular flexibility index (Phi) is 5.53. The van der Waals surface area contributed by atoms with Gasteiger partial charge < -0.3 is 20.3 Å². The summed E-state index contributed by atoms with van der Waals surface area (Å²) >= 11 is 0. The van der Waals surface area contributed by atoms with Crippen molar-refractivity contribution < 1.29 is 14.6 Å². The molecule has 0 aromatic rings. The van der Waals surface area contributed by atoms with E-state index >= 15 is 0 Å². The van der Waals surface area contributed by atoms with Crippen LogP contribution >= 0.6 is 0 Å². The molecule has 1 saturated heterocycles. The second kappa shape index (κ2) is 6.43. The minimum Gasteiger partial charge on any atom is -0.387 e. The van der Waals surface area contributed by atoms with Crippen LogP contribution in [0.2, 0.25) is 0 Å². The third-order valence-corrected chi connectivity index (χ3v) is 3.19. The van der Waals surface area contributed by atoms with Gasteiger partial charge in [-0.05, 0) is 38.1 Å². The van der Waals surface area contributed by atoms with Crippen molar-refractivity contribution in [1.29, 1.82) is 0 Å². The minimum atomic E-state index is -0.710. The van der Waals surface area contributed by atoms with E-state index in [2.05, 4.69) is 0 Å². The van der Waals surface area contributed by atoms with Crippen LogP contribution in [0.1, 0.15) is 25.7 Å². The molecule has 1 fully saturated rings. The Labute approximate surface area is 91.7 Å². The second-order valence-corrected chi connectivity index (χ2v) is 4.32. The van der Waals surface area contributed by atoms with Crippen LogP contribution in [0.4, 0.5) is 0 Å². The highest BCUT2D eigenvalue weighted by Crippen LogP contribution is 2.31. The summed E-state index contributed by atoms with van der Waals surface area (Å²) in [6, 6.07) is 0. The van der Waals surface area contributed by atoms with E-state index in [1.807, 2.05) is 0 Å². The molecule has 0 bridgehead atoms. The van der Waals surface area contributed by atoms with E-state index in [9.17, 15) is 5.11 Å². The molecule has 0 aliphatic carbocycles. The van der Waals surface area contributed by atoms with E-state index in [0.717, 1.165) is 38.9 Å². The van der Waals surface area contributed by atoms with Crippen LogP contribution in [0.15, 0.2) is 0 Å². The molecule has 1 heterocycles. The Bertz CT molecular complexity index is 171. The summed E-state index contributed by atoms with van der Waals surface area (Å²) in [6.45, 7) is 2.52. The molecule has 0 radical (unpaired) electrons. The molecule has 0 spiro atoms. The fourth-order valence-corrected chi connectivity index (χ4v) is 2.29. The maximum Gasteiger partial charge on any atom is 0.0910 e. The zero-order chi connectivity index (χ0) is 11.1. The molecule has 0 saturated carbocycles. The average molecular weight is 217 g/mol. The molecule has 1 unspecified atom stereocenters. The molecule has 0 aromatic heterocycles. The fraction of sp³-hybridized carbons (Fsp3) is 1.00. The highest BCUT2D eigenvalue weighted by Gasteiger charge is 2.36. The van der Waals surface area contributed by atoms with E-state index in [4.69, 9.17) is 15.2 Å². The predicted molar refractivity (Wildman–Crippen MR) is 58.7 cm³/mol. The van der Waals surface area contributed by atoms with Crippen molar-refractivity contribution >= 4 is 0 Å². The smallest absolute Gasteiger partial charge is 0.0910 e. The van der Waals surface area contributed by atoms with Gasteiger partial charge in [0.05, 0.1) is 12.2 Å². The van der Waals surface area contributed by atoms with Crippen LogP contribution in [-0.4, -0.2) is 44.2 Å². The van der Waals surface area contributed by atoms with Crippen LogP contribution in [0.5, 0.6) is 0 Å². The Morgan fingerprint density at radius 1 is 1.47 bits per heavy atom. The summed E-state index contributed by atoms with van der Waals surface area (Å²) in [5.74, 6) is 0.290. The molecule has 1 aliphatic rings. The van der Waals surface area contributed by atoms with Crippen molar-refractivity contribution in [2.45, 2.75) is 31.3 Å². The van der Waals surface area contributed by atoms with Crippen molar-refractivity contribution in [3.63, 3.8) is 0 Å². The lowest BCUT2D eigenvalue weighted by Crippen LogP contribution is -2.45. The Morgan fingerprint density at radius 2 is 2.13 bits per heavy atom. The molecule has 0 aromatic carbocycles. The molecular formula is C11H23NO3. The minimum absolute atomic E-state index is 0.290. The first-order valence-electron chi connectivity index (χ1n) is 5.72. The summed E-state index contributed by atoms with van der Waals surface area (Å²) in [7, 11) is 1.63. The quantitative estimate of drug-likeness (QED) is 0.681. The lowest BCUT2D eigenvalue weighted by molar-refractivity contribution is -0.108. The summed E-state index contributed by atoms with van der Waals surface area (Å²) in [6.07, 6.45) is 3.41. The van der Waals surface area contributed by atoms with E-state index in [1.165, 1.54) is 0 Å². The highest BCUT2D eigenvalue weighted by molar-refractivity contribution is 4.87. The fourth-order valence-electron chi connectivity index (χ4n) is 2.29. The number of rotatable bonds is 6. The normalized spacial score (nSPS) is 22.6. The van der Waals surface area contributed by atoms with Crippen molar-refractivity contribution in [2.24, 2.45) is 11.7 Å². The van der Waals surface area contributed by atoms with E-state index in [-0.39, 0.29) is 5.92 Å². The van der Waals surface area contributed by atoms with Gasteiger partial charge in [-0.2, -0.15) is 0 Å². The van der Waals surface area contributed by atoms with Gasteiger partial charge in [0.25, 0.3) is 0 Å². The molecular weight excluding hydrogens is 194 g/mol. The largest absolute Gasteiger partial charge is 0.387 e. The summed E-state index contributed by atoms with van der Waals surface area (Å²) < 4.78 is 10.4. The number of nitrogens with two attached hydrogens (primary N) is 1. The third-order valence-electron chi connectivity index (χ3n) is 3.19. The highest BCUT2D eigenvalue weighted by atomic mass is 16.5. The maximum absolute atomic E-state index is 10.5. The predicted octanol–water partition coefficient (Wildman–Crippen LogP) is 0.529. The van der Waals surface area contributed by atoms with E-state index < -0.39 is 5.60 Å². The molecule has 1 atom stereocenters. The van der Waals surface area contributed by atoms with Crippen molar-refractivity contribution in [1.82, 2.24) is 0 Å². The van der Waals surface area contributed by atoms with Crippen LogP contribution in [-0.2, 0) is 9.47 Å². The Morgan fingerprint density at radius 3 is 2.67 bits per heavy atom. The van der Waals surface area contributed by atoms with Gasteiger partial charge in [-0.25, -0.2) is 0 Å². The Balaban J connectivity index is 2.52. The van der Waals surface area contributed by atoms with E-state index in [0.29, 0.717) is 13.2 Å². The first kappa shape index (κ1) is 12.9. The molecule has 3 N–H and O–H groups in total. The third kappa shape index (κ3) is 3.72. The number of hydrogen-bond acceptors (Lipinski definition) is 4. The second-order valence-electron chi connectivity index (χ2n) is 4.32. The maximum atomic E-state index is 10.5. The molecule has 15 heavy (non-hydrogen) atoms. The molecule has 1 rings (SSSR count). The first-order valence-corrected chi connectivity index (χ1v) is 5.72. The number of methoxy groups -OCH3 is 1. The van der Waals surface area contributed by atoms with Crippen LogP contribution in [0.25, 0.3) is 0 Å². The van der Waals surface area contributed by atoms with Crippen LogP contribution in [0, 0.1) is 5.92 Å². The van der Waals surface area contributed by atoms with Gasteiger partial charge in [-0.1, -0.05) is 0 Å². The number of hydrogen-bond donors (Lipinski definition) is 2. The number of ether oxygens (including phenoxy) is 2. The van der Waals surface area contributed by atoms with Gasteiger partial charge in [-0.3, -0.25) is 0 Å². The SMILES string of the molecule is COCC(O)(CCCN)C1CCOCC1. The molecule has 1 aliphatic heterocycles. The van der Waals surface area contributed by atoms with Crippen LogP contribution in [0.3, 0.4) is 0 Å². The first-order chi connectivity index (χ1) is 7.23. The van der Waals surface area contributed by atoms with Gasteiger partial charge in [0.2, 0.25) is 0 Å². The molecule has 4 nitrogen and oxygen atoms in total. The Hall–Kier alpha value is -0.160. The summed E-state index contributed by atoms with van der Waals surface area (Å²) in [5, 5.41) is 10.5. The molecule has 90 valence electrons. The summed E-state index contributed by atoms with van der Waals surface area (Å²) in [5.41, 5.74) is 4.77. The van der Waals surface area contributed by atoms with Gasteiger partial charge in [0.1, 0.15) is 0 Å². The van der Waals surface area contributed by atoms with Crippen LogP contribution < -0.4 is 5.73 Å². The molecule has 4 heteroatoms. The average Bonchev–Trinajstić information content (AvgIpc) is 2.28. The van der Waals surface area contributed by atoms with Crippen molar-refractivity contribution in [3.8, 4) is 0 Å². The van der Waals surface area contributed by atoms with E-state index in [1.54, 1.807) is 7.11 Å². The topological polar surface area (TPSA) is 64.7 Å². The lowest BCUT2D eigenvalue weighted by atomic mass is 9.79. The van der Waals surface area contributed by atoms with Gasteiger partial charge in [0.15, 0.2) is 0 Å². The van der Waals surface area contributed by atoms with Gasteiger partial charge in [0, 0.05) is 20.3 Å². The zero-order valence-electron chi connectivity index (χ0n) is 9.58. The van der Waals surface area contributed by atoms with Crippen molar-refractivity contribution in [2.75, 3.05) is 33.5 Å². The summed E-state index contributed by atoms with van der Waals surface area (Å²) in [4.78, 5) is 0. The van der Waals surface area contributed by atoms with Gasteiger partial charge >= 0.3 is 0 Å². The standard InChI is InChI=1S/C11H23NO3/c1-14-9-11(13,5-2-6-12)10-3-7-15-8-4-10/h10,13H,2-9,12H2,1H3. The van der Waals surface area contributed by atoms with Gasteiger partial charge in [-0.15, -0.1) is 0 Å². The van der Waals surface area contributed by atoms with Crippen molar-refractivity contribution in [3.05, 3.63) is 0 Å².